The fourth-order valence-corrected chi connectivity index (χ4v) is 7.25. The Morgan fingerprint density at radius 2 is 1.10 bits per heavy atom. The lowest BCUT2D eigenvalue weighted by Gasteiger charge is -2.21. The Morgan fingerprint density at radius 3 is 1.93 bits per heavy atom. The molecule has 2 nitrogen and oxygen atoms in total. The summed E-state index contributed by atoms with van der Waals surface area (Å²) in [6.07, 6.45) is 2.17. The van der Waals surface area contributed by atoms with E-state index < -0.39 is 0 Å². The second kappa shape index (κ2) is 8.71. The first-order valence-electron chi connectivity index (χ1n) is 14.5. The molecule has 1 atom stereocenters. The van der Waals surface area contributed by atoms with E-state index in [0.29, 0.717) is 6.04 Å². The lowest BCUT2D eigenvalue weighted by atomic mass is 9.96. The third-order valence-electron chi connectivity index (χ3n) is 9.07. The monoisotopic (exact) mass is 524 g/mol. The molecule has 0 aliphatic carbocycles. The minimum atomic E-state index is 0.480. The highest BCUT2D eigenvalue weighted by Crippen LogP contribution is 2.49. The summed E-state index contributed by atoms with van der Waals surface area (Å²) in [4.78, 5) is 2.61. The maximum Gasteiger partial charge on any atom is 0.0562 e. The highest BCUT2D eigenvalue weighted by Gasteiger charge is 2.37. The van der Waals surface area contributed by atoms with Gasteiger partial charge in [-0.25, -0.2) is 0 Å². The maximum atomic E-state index is 2.61. The molecule has 41 heavy (non-hydrogen) atoms. The van der Waals surface area contributed by atoms with E-state index in [4.69, 9.17) is 0 Å². The summed E-state index contributed by atoms with van der Waals surface area (Å²) in [5.74, 6) is 0. The molecule has 6 aromatic carbocycles. The van der Waals surface area contributed by atoms with Crippen LogP contribution in [-0.2, 0) is 12.8 Å². The number of nitrogens with zero attached hydrogens (tertiary/aromatic N) is 2. The molecule has 0 radical (unpaired) electrons. The van der Waals surface area contributed by atoms with E-state index in [2.05, 4.69) is 149 Å². The molecule has 0 fully saturated rings. The van der Waals surface area contributed by atoms with Crippen molar-refractivity contribution in [1.82, 2.24) is 4.57 Å². The largest absolute Gasteiger partial charge is 0.337 e. The molecule has 1 aromatic heterocycles. The van der Waals surface area contributed by atoms with E-state index in [0.717, 1.165) is 12.8 Å². The predicted octanol–water partition coefficient (Wildman–Crippen LogP) is 9.74. The van der Waals surface area contributed by atoms with Crippen LogP contribution in [0.5, 0.6) is 0 Å². The molecule has 0 N–H and O–H groups in total. The van der Waals surface area contributed by atoms with E-state index in [-0.39, 0.29) is 0 Å². The molecule has 2 aliphatic heterocycles. The predicted molar refractivity (Wildman–Crippen MR) is 171 cm³/mol. The molecule has 0 bridgehead atoms. The van der Waals surface area contributed by atoms with Crippen LogP contribution in [0, 0.1) is 0 Å². The molecular weight excluding hydrogens is 496 g/mol. The minimum absolute atomic E-state index is 0.480. The van der Waals surface area contributed by atoms with Gasteiger partial charge in [0.15, 0.2) is 0 Å². The highest BCUT2D eigenvalue weighted by atomic mass is 15.2. The van der Waals surface area contributed by atoms with Crippen molar-refractivity contribution in [3.63, 3.8) is 0 Å². The van der Waals surface area contributed by atoms with Crippen LogP contribution in [0.25, 0.3) is 49.7 Å². The van der Waals surface area contributed by atoms with Crippen molar-refractivity contribution in [3.05, 3.63) is 151 Å². The Balaban J connectivity index is 1.15. The van der Waals surface area contributed by atoms with E-state index in [1.54, 1.807) is 0 Å². The van der Waals surface area contributed by atoms with Gasteiger partial charge in [-0.1, -0.05) is 91.0 Å². The van der Waals surface area contributed by atoms with E-state index in [9.17, 15) is 0 Å². The topological polar surface area (TPSA) is 8.17 Å². The van der Waals surface area contributed by atoms with E-state index >= 15 is 0 Å². The smallest absolute Gasteiger partial charge is 0.0562 e. The number of benzene rings is 6. The number of fused-ring (bicyclic) bond motifs is 8. The number of hydrogen-bond acceptors (Lipinski definition) is 1. The molecule has 194 valence electrons. The van der Waals surface area contributed by atoms with E-state index in [1.807, 2.05) is 0 Å². The van der Waals surface area contributed by atoms with Crippen molar-refractivity contribution in [1.29, 1.82) is 0 Å². The van der Waals surface area contributed by atoms with Gasteiger partial charge in [-0.05, 0) is 94.8 Å². The van der Waals surface area contributed by atoms with Crippen LogP contribution in [-0.4, -0.2) is 10.6 Å². The summed E-state index contributed by atoms with van der Waals surface area (Å²) in [5, 5.41) is 2.67. The lowest BCUT2D eigenvalue weighted by molar-refractivity contribution is 0.725. The summed E-state index contributed by atoms with van der Waals surface area (Å²) >= 11 is 0. The summed E-state index contributed by atoms with van der Waals surface area (Å²) in [6.45, 7) is 0. The van der Waals surface area contributed by atoms with Crippen LogP contribution in [0.3, 0.4) is 0 Å². The zero-order valence-electron chi connectivity index (χ0n) is 22.7. The summed E-state index contributed by atoms with van der Waals surface area (Å²) in [5.41, 5.74) is 14.5. The first-order chi connectivity index (χ1) is 20.3. The number of anilines is 2. The highest BCUT2D eigenvalue weighted by molar-refractivity contribution is 6.11. The van der Waals surface area contributed by atoms with Crippen molar-refractivity contribution < 1.29 is 0 Å². The molecule has 1 unspecified atom stereocenters. The van der Waals surface area contributed by atoms with Crippen molar-refractivity contribution in [3.8, 4) is 27.9 Å². The third-order valence-corrected chi connectivity index (χ3v) is 9.07. The van der Waals surface area contributed by atoms with Gasteiger partial charge in [0.1, 0.15) is 0 Å². The number of para-hydroxylation sites is 2. The van der Waals surface area contributed by atoms with Gasteiger partial charge >= 0.3 is 0 Å². The van der Waals surface area contributed by atoms with Crippen molar-refractivity contribution in [2.45, 2.75) is 18.9 Å². The number of hydrogen-bond donors (Lipinski definition) is 0. The number of rotatable bonds is 3. The molecule has 2 aliphatic rings. The molecule has 3 heterocycles. The fraction of sp³-hybridized carbons (Fsp3) is 0.0769. The van der Waals surface area contributed by atoms with E-state index in [1.165, 1.54) is 72.2 Å². The SMILES string of the molecule is c1ccc(-c2cccc(-c3ccc4c(c3)CC3Cc5cc6c7ccccc7n(-c7ccccc7)c6cc5N43)c2)cc1. The second-order valence-corrected chi connectivity index (χ2v) is 11.4. The van der Waals surface area contributed by atoms with Crippen LogP contribution in [0.1, 0.15) is 11.1 Å². The van der Waals surface area contributed by atoms with Gasteiger partial charge in [-0.15, -0.1) is 0 Å². The minimum Gasteiger partial charge on any atom is -0.337 e. The van der Waals surface area contributed by atoms with Gasteiger partial charge in [0.25, 0.3) is 0 Å². The Hall–Kier alpha value is -5.08. The van der Waals surface area contributed by atoms with Gasteiger partial charge in [-0.3, -0.25) is 0 Å². The van der Waals surface area contributed by atoms with Gasteiger partial charge in [-0.2, -0.15) is 0 Å². The lowest BCUT2D eigenvalue weighted by Crippen LogP contribution is -2.22. The third kappa shape index (κ3) is 3.44. The molecular formula is C39H28N2. The average Bonchev–Trinajstić information content (AvgIpc) is 3.68. The zero-order valence-corrected chi connectivity index (χ0v) is 22.7. The maximum absolute atomic E-state index is 2.61. The first kappa shape index (κ1) is 22.7. The molecule has 7 aromatic rings. The van der Waals surface area contributed by atoms with Crippen LogP contribution in [0.15, 0.2) is 140 Å². The molecule has 0 spiro atoms. The van der Waals surface area contributed by atoms with Gasteiger partial charge in [0.05, 0.1) is 11.0 Å². The van der Waals surface area contributed by atoms with Crippen molar-refractivity contribution in [2.24, 2.45) is 0 Å². The summed E-state index contributed by atoms with van der Waals surface area (Å²) in [6, 6.07) is 51.7. The van der Waals surface area contributed by atoms with Crippen LogP contribution >= 0.6 is 0 Å². The molecule has 9 rings (SSSR count). The van der Waals surface area contributed by atoms with Crippen molar-refractivity contribution >= 4 is 33.2 Å². The van der Waals surface area contributed by atoms with Crippen LogP contribution < -0.4 is 4.90 Å². The first-order valence-corrected chi connectivity index (χ1v) is 14.5. The molecule has 0 saturated carbocycles. The Morgan fingerprint density at radius 1 is 0.439 bits per heavy atom. The van der Waals surface area contributed by atoms with Crippen LogP contribution in [0.2, 0.25) is 0 Å². The van der Waals surface area contributed by atoms with Gasteiger partial charge < -0.3 is 9.47 Å². The Labute approximate surface area is 239 Å². The van der Waals surface area contributed by atoms with Crippen molar-refractivity contribution in [2.75, 3.05) is 4.90 Å². The quantitative estimate of drug-likeness (QED) is 0.223. The van der Waals surface area contributed by atoms with Gasteiger partial charge in [0, 0.05) is 33.9 Å². The van der Waals surface area contributed by atoms with Crippen LogP contribution in [0.4, 0.5) is 11.4 Å². The normalized spacial score (nSPS) is 15.3. The van der Waals surface area contributed by atoms with Gasteiger partial charge in [0.2, 0.25) is 0 Å². The average molecular weight is 525 g/mol. The molecule has 0 saturated heterocycles. The molecule has 0 amide bonds. The zero-order chi connectivity index (χ0) is 26.9. The second-order valence-electron chi connectivity index (χ2n) is 11.4. The molecule has 2 heteroatoms. The Bertz CT molecular complexity index is 2100. The standard InChI is InChI=1S/C39H28N2/c1-3-10-26(11-4-1)27-12-9-13-28(20-27)29-18-19-36-30(21-29)22-33-23-31-24-35-34-16-7-8-17-37(34)40(32-14-5-2-6-15-32)39(35)25-38(31)41(33)36/h1-21,24-25,33H,22-23H2. The number of aromatic nitrogens is 1. The summed E-state index contributed by atoms with van der Waals surface area (Å²) < 4.78 is 2.43. The fourth-order valence-electron chi connectivity index (χ4n) is 7.25. The Kier molecular flexibility index (Phi) is 4.82. The summed E-state index contributed by atoms with van der Waals surface area (Å²) in [7, 11) is 0.